The number of nitro groups is 1. The minimum atomic E-state index is -0.458. The first kappa shape index (κ1) is 12.2. The van der Waals surface area contributed by atoms with E-state index in [0.29, 0.717) is 23.7 Å². The minimum Gasteiger partial charge on any atom is -0.424 e. The van der Waals surface area contributed by atoms with Crippen LogP contribution in [0.25, 0.3) is 11.1 Å². The molecule has 1 aromatic carbocycles. The first-order valence-electron chi connectivity index (χ1n) is 5.97. The van der Waals surface area contributed by atoms with Crippen molar-refractivity contribution in [3.63, 3.8) is 0 Å². The Bertz CT molecular complexity index is 735. The van der Waals surface area contributed by atoms with Gasteiger partial charge in [0.25, 0.3) is 11.7 Å². The van der Waals surface area contributed by atoms with Crippen molar-refractivity contribution < 1.29 is 9.34 Å². The number of aromatic nitrogens is 3. The van der Waals surface area contributed by atoms with Crippen molar-refractivity contribution in [1.29, 1.82) is 0 Å². The fraction of sp³-hybridized carbons (Fsp3) is 0.167. The van der Waals surface area contributed by atoms with E-state index in [1.807, 2.05) is 10.8 Å². The van der Waals surface area contributed by atoms with E-state index in [4.69, 9.17) is 4.42 Å². The zero-order valence-corrected chi connectivity index (χ0v) is 10.4. The summed E-state index contributed by atoms with van der Waals surface area (Å²) in [5.41, 5.74) is 0.973. The van der Waals surface area contributed by atoms with Crippen LogP contribution in [0, 0.1) is 10.1 Å². The lowest BCUT2D eigenvalue weighted by molar-refractivity contribution is -0.384. The van der Waals surface area contributed by atoms with Gasteiger partial charge in [0.05, 0.1) is 11.3 Å². The van der Waals surface area contributed by atoms with Gasteiger partial charge in [0.2, 0.25) is 0 Å². The van der Waals surface area contributed by atoms with Crippen LogP contribution in [-0.2, 0) is 6.54 Å². The third-order valence-electron chi connectivity index (χ3n) is 2.79. The van der Waals surface area contributed by atoms with Crippen LogP contribution in [0.2, 0.25) is 0 Å². The standard InChI is InChI=1S/C12H11N5O3/c18-17(19)9-1-2-11-10(7-9)15-12(20-11)14-4-6-16-5-3-13-8-16/h1-3,5,7-8H,4,6H2,(H,14,15). The van der Waals surface area contributed by atoms with Gasteiger partial charge >= 0.3 is 0 Å². The highest BCUT2D eigenvalue weighted by Crippen LogP contribution is 2.23. The molecule has 0 spiro atoms. The van der Waals surface area contributed by atoms with E-state index in [9.17, 15) is 10.1 Å². The number of fused-ring (bicyclic) bond motifs is 1. The van der Waals surface area contributed by atoms with E-state index in [-0.39, 0.29) is 5.69 Å². The molecular formula is C12H11N5O3. The second-order valence-electron chi connectivity index (χ2n) is 4.16. The number of anilines is 1. The van der Waals surface area contributed by atoms with E-state index in [0.717, 1.165) is 6.54 Å². The maximum atomic E-state index is 10.7. The normalized spacial score (nSPS) is 10.8. The lowest BCUT2D eigenvalue weighted by Gasteiger charge is -2.01. The fourth-order valence-electron chi connectivity index (χ4n) is 1.82. The number of hydrogen-bond donors (Lipinski definition) is 1. The van der Waals surface area contributed by atoms with Crippen molar-refractivity contribution in [2.24, 2.45) is 0 Å². The van der Waals surface area contributed by atoms with E-state index < -0.39 is 4.92 Å². The molecule has 1 N–H and O–H groups in total. The zero-order chi connectivity index (χ0) is 13.9. The van der Waals surface area contributed by atoms with Crippen molar-refractivity contribution in [3.8, 4) is 0 Å². The summed E-state index contributed by atoms with van der Waals surface area (Å²) in [4.78, 5) is 18.3. The summed E-state index contributed by atoms with van der Waals surface area (Å²) in [6, 6.07) is 4.67. The third-order valence-corrected chi connectivity index (χ3v) is 2.79. The summed E-state index contributed by atoms with van der Waals surface area (Å²) in [5, 5.41) is 13.7. The number of nitrogens with one attached hydrogen (secondary N) is 1. The van der Waals surface area contributed by atoms with Gasteiger partial charge in [-0.3, -0.25) is 10.1 Å². The summed E-state index contributed by atoms with van der Waals surface area (Å²) in [6.45, 7) is 1.34. The first-order chi connectivity index (χ1) is 9.72. The molecule has 0 atom stereocenters. The molecule has 3 aromatic rings. The Labute approximate surface area is 113 Å². The maximum absolute atomic E-state index is 10.7. The molecular weight excluding hydrogens is 262 g/mol. The Kier molecular flexibility index (Phi) is 3.04. The summed E-state index contributed by atoms with van der Waals surface area (Å²) in [7, 11) is 0. The summed E-state index contributed by atoms with van der Waals surface area (Å²) >= 11 is 0. The van der Waals surface area contributed by atoms with Crippen LogP contribution in [0.3, 0.4) is 0 Å². The Morgan fingerprint density at radius 1 is 1.45 bits per heavy atom. The average Bonchev–Trinajstić information content (AvgIpc) is 3.06. The van der Waals surface area contributed by atoms with Gasteiger partial charge in [-0.25, -0.2) is 4.98 Å². The fourth-order valence-corrected chi connectivity index (χ4v) is 1.82. The number of rotatable bonds is 5. The Morgan fingerprint density at radius 2 is 2.35 bits per heavy atom. The van der Waals surface area contributed by atoms with E-state index in [1.54, 1.807) is 18.6 Å². The number of nitrogens with zero attached hydrogens (tertiary/aromatic N) is 4. The Balaban J connectivity index is 1.70. The second-order valence-corrected chi connectivity index (χ2v) is 4.16. The van der Waals surface area contributed by atoms with E-state index in [2.05, 4.69) is 15.3 Å². The smallest absolute Gasteiger partial charge is 0.295 e. The van der Waals surface area contributed by atoms with Crippen LogP contribution < -0.4 is 5.32 Å². The van der Waals surface area contributed by atoms with Crippen molar-refractivity contribution in [3.05, 3.63) is 47.0 Å². The molecule has 2 aromatic heterocycles. The second kappa shape index (κ2) is 5.00. The van der Waals surface area contributed by atoms with Crippen molar-refractivity contribution in [1.82, 2.24) is 14.5 Å². The van der Waals surface area contributed by atoms with Gasteiger partial charge in [0.15, 0.2) is 5.58 Å². The van der Waals surface area contributed by atoms with Crippen LogP contribution in [-0.4, -0.2) is 26.0 Å². The van der Waals surface area contributed by atoms with E-state index in [1.165, 1.54) is 12.1 Å². The lowest BCUT2D eigenvalue weighted by atomic mass is 10.3. The molecule has 0 aliphatic rings. The highest BCUT2D eigenvalue weighted by atomic mass is 16.6. The molecule has 0 radical (unpaired) electrons. The minimum absolute atomic E-state index is 0.00392. The SMILES string of the molecule is O=[N+]([O-])c1ccc2oc(NCCn3ccnc3)nc2c1. The van der Waals surface area contributed by atoms with Gasteiger partial charge in [-0.2, -0.15) is 4.98 Å². The van der Waals surface area contributed by atoms with Gasteiger partial charge in [0.1, 0.15) is 5.52 Å². The predicted octanol–water partition coefficient (Wildman–Crippen LogP) is 2.04. The van der Waals surface area contributed by atoms with Gasteiger partial charge in [-0.1, -0.05) is 0 Å². The van der Waals surface area contributed by atoms with Gasteiger partial charge in [-0.15, -0.1) is 0 Å². The highest BCUT2D eigenvalue weighted by molar-refractivity contribution is 5.77. The summed E-state index contributed by atoms with van der Waals surface area (Å²) in [6.07, 6.45) is 5.28. The molecule has 20 heavy (non-hydrogen) atoms. The van der Waals surface area contributed by atoms with Crippen LogP contribution in [0.5, 0.6) is 0 Å². The number of oxazole rings is 1. The van der Waals surface area contributed by atoms with Gasteiger partial charge < -0.3 is 14.3 Å². The molecule has 0 bridgehead atoms. The lowest BCUT2D eigenvalue weighted by Crippen LogP contribution is -2.09. The summed E-state index contributed by atoms with van der Waals surface area (Å²) in [5.74, 6) is 0. The number of non-ortho nitro benzene ring substituents is 1. The molecule has 8 nitrogen and oxygen atoms in total. The van der Waals surface area contributed by atoms with Crippen LogP contribution in [0.4, 0.5) is 11.7 Å². The van der Waals surface area contributed by atoms with Crippen molar-refractivity contribution in [2.75, 3.05) is 11.9 Å². The summed E-state index contributed by atoms with van der Waals surface area (Å²) < 4.78 is 7.37. The van der Waals surface area contributed by atoms with Crippen molar-refractivity contribution >= 4 is 22.8 Å². The Hall–Kier alpha value is -2.90. The topological polar surface area (TPSA) is 99.0 Å². The van der Waals surface area contributed by atoms with Crippen LogP contribution in [0.1, 0.15) is 0 Å². The maximum Gasteiger partial charge on any atom is 0.295 e. The molecule has 3 rings (SSSR count). The third kappa shape index (κ3) is 2.44. The molecule has 8 heteroatoms. The molecule has 102 valence electrons. The van der Waals surface area contributed by atoms with Crippen LogP contribution >= 0.6 is 0 Å². The molecule has 0 saturated carbocycles. The van der Waals surface area contributed by atoms with Gasteiger partial charge in [-0.05, 0) is 6.07 Å². The zero-order valence-electron chi connectivity index (χ0n) is 10.4. The Morgan fingerprint density at radius 3 is 3.10 bits per heavy atom. The largest absolute Gasteiger partial charge is 0.424 e. The highest BCUT2D eigenvalue weighted by Gasteiger charge is 2.11. The average molecular weight is 273 g/mol. The molecule has 0 fully saturated rings. The molecule has 0 aliphatic carbocycles. The predicted molar refractivity (Wildman–Crippen MR) is 71.4 cm³/mol. The number of nitro benzene ring substituents is 1. The number of hydrogen-bond acceptors (Lipinski definition) is 6. The molecule has 0 unspecified atom stereocenters. The number of imidazole rings is 1. The first-order valence-corrected chi connectivity index (χ1v) is 5.97. The van der Waals surface area contributed by atoms with Gasteiger partial charge in [0, 0.05) is 37.6 Å². The molecule has 0 aliphatic heterocycles. The van der Waals surface area contributed by atoms with E-state index >= 15 is 0 Å². The molecule has 0 saturated heterocycles. The van der Waals surface area contributed by atoms with Crippen molar-refractivity contribution in [2.45, 2.75) is 6.54 Å². The molecule has 2 heterocycles. The quantitative estimate of drug-likeness (QED) is 0.564. The van der Waals surface area contributed by atoms with Crippen LogP contribution in [0.15, 0.2) is 41.3 Å². The molecule has 0 amide bonds. The number of benzene rings is 1. The monoisotopic (exact) mass is 273 g/mol.